The third kappa shape index (κ3) is 5.12. The lowest BCUT2D eigenvalue weighted by Crippen LogP contribution is -2.23. The van der Waals surface area contributed by atoms with E-state index in [1.807, 2.05) is 43.9 Å². The van der Waals surface area contributed by atoms with Gasteiger partial charge in [0.2, 0.25) is 0 Å². The molecule has 36 heavy (non-hydrogen) atoms. The Morgan fingerprint density at radius 2 is 1.86 bits per heavy atom. The van der Waals surface area contributed by atoms with Crippen molar-refractivity contribution < 1.29 is 13.5 Å². The molecule has 0 aliphatic rings. The maximum Gasteiger partial charge on any atom is 0.264 e. The van der Waals surface area contributed by atoms with Gasteiger partial charge in [-0.3, -0.25) is 9.79 Å². The summed E-state index contributed by atoms with van der Waals surface area (Å²) in [6, 6.07) is 8.83. The Bertz CT molecular complexity index is 1380. The summed E-state index contributed by atoms with van der Waals surface area (Å²) in [5.74, 6) is 0.574. The highest BCUT2D eigenvalue weighted by atomic mass is 19.3. The first kappa shape index (κ1) is 26.9. The Kier molecular flexibility index (Phi) is 8.50. The van der Waals surface area contributed by atoms with Crippen molar-refractivity contribution in [2.24, 2.45) is 17.8 Å². The number of methoxy groups -OCH3 is 1. The molecule has 1 aromatic heterocycles. The highest BCUT2D eigenvalue weighted by Gasteiger charge is 2.23. The topological polar surface area (TPSA) is 72.8 Å². The summed E-state index contributed by atoms with van der Waals surface area (Å²) < 4.78 is 35.8. The first-order valence-electron chi connectivity index (χ1n) is 12.0. The molecule has 0 spiro atoms. The summed E-state index contributed by atoms with van der Waals surface area (Å²) in [4.78, 5) is 18.8. The van der Waals surface area contributed by atoms with Crippen LogP contribution < -0.4 is 20.9 Å². The second-order valence-corrected chi connectivity index (χ2v) is 8.70. The van der Waals surface area contributed by atoms with Gasteiger partial charge in [0.25, 0.3) is 12.0 Å². The van der Waals surface area contributed by atoms with Crippen molar-refractivity contribution >= 4 is 34.1 Å². The van der Waals surface area contributed by atoms with Gasteiger partial charge >= 0.3 is 0 Å². The van der Waals surface area contributed by atoms with Gasteiger partial charge < -0.3 is 19.9 Å². The first-order valence-corrected chi connectivity index (χ1v) is 12.0. The number of pyridine rings is 1. The number of anilines is 2. The number of rotatable bonds is 9. The fourth-order valence-corrected chi connectivity index (χ4v) is 4.44. The van der Waals surface area contributed by atoms with Crippen LogP contribution in [0.2, 0.25) is 0 Å². The zero-order valence-corrected chi connectivity index (χ0v) is 21.7. The minimum Gasteiger partial charge on any atom is -0.497 e. The molecule has 0 amide bonds. The maximum absolute atomic E-state index is 14.3. The molecule has 0 atom stereocenters. The molecule has 3 rings (SSSR count). The molecule has 0 bridgehead atoms. The molecule has 0 aliphatic carbocycles. The molecular weight excluding hydrogens is 462 g/mol. The number of aromatic nitrogens is 1. The standard InChI is InChI=1S/C28H34F2N4O2/c1-7-9-34(26-13-20(36-6)12-25-23(26)11-18(4)28(35)33(25)5)24-14-22(27(29)30)21(10-17(24)3)19(15-31)16-32-8-2/h10-16,27H,7-9,31H2,1-6H3/b19-15+,32-16?. The average Bonchev–Trinajstić information content (AvgIpc) is 2.86. The molecule has 1 heterocycles. The molecule has 8 heteroatoms. The highest BCUT2D eigenvalue weighted by molar-refractivity contribution is 6.10. The number of nitrogens with zero attached hydrogens (tertiary/aromatic N) is 3. The van der Waals surface area contributed by atoms with Gasteiger partial charge in [0.15, 0.2) is 0 Å². The van der Waals surface area contributed by atoms with Crippen LogP contribution in [0.15, 0.2) is 46.3 Å². The van der Waals surface area contributed by atoms with Crippen molar-refractivity contribution in [3.05, 3.63) is 69.1 Å². The van der Waals surface area contributed by atoms with E-state index in [1.165, 1.54) is 18.5 Å². The Labute approximate surface area is 210 Å². The number of aryl methyl sites for hydroxylation is 3. The van der Waals surface area contributed by atoms with E-state index in [-0.39, 0.29) is 11.1 Å². The van der Waals surface area contributed by atoms with Crippen LogP contribution in [0, 0.1) is 13.8 Å². The molecule has 0 radical (unpaired) electrons. The van der Waals surface area contributed by atoms with Gasteiger partial charge in [-0.05, 0) is 56.5 Å². The van der Waals surface area contributed by atoms with Crippen molar-refractivity contribution in [1.29, 1.82) is 0 Å². The third-order valence-corrected chi connectivity index (χ3v) is 6.25. The Hall–Kier alpha value is -3.68. The number of hydrogen-bond donors (Lipinski definition) is 1. The fourth-order valence-electron chi connectivity index (χ4n) is 4.44. The number of aliphatic imine (C=N–C) groups is 1. The summed E-state index contributed by atoms with van der Waals surface area (Å²) >= 11 is 0. The van der Waals surface area contributed by atoms with Crippen molar-refractivity contribution in [2.45, 2.75) is 40.5 Å². The zero-order valence-electron chi connectivity index (χ0n) is 21.7. The first-order chi connectivity index (χ1) is 17.2. The smallest absolute Gasteiger partial charge is 0.264 e. The summed E-state index contributed by atoms with van der Waals surface area (Å²) in [5, 5.41) is 0.837. The fraction of sp³-hybridized carbons (Fsp3) is 0.357. The van der Waals surface area contributed by atoms with E-state index < -0.39 is 6.43 Å². The van der Waals surface area contributed by atoms with Crippen molar-refractivity contribution in [3.63, 3.8) is 0 Å². The maximum atomic E-state index is 14.3. The van der Waals surface area contributed by atoms with E-state index in [1.54, 1.807) is 31.7 Å². The van der Waals surface area contributed by atoms with E-state index in [0.717, 1.165) is 23.1 Å². The molecule has 2 aromatic carbocycles. The zero-order chi connectivity index (χ0) is 26.6. The molecule has 0 unspecified atom stereocenters. The molecule has 0 saturated carbocycles. The summed E-state index contributed by atoms with van der Waals surface area (Å²) in [6.07, 6.45) is 0.898. The van der Waals surface area contributed by atoms with Gasteiger partial charge in [0, 0.05) is 72.5 Å². The molecule has 2 N–H and O–H groups in total. The monoisotopic (exact) mass is 496 g/mol. The van der Waals surface area contributed by atoms with Crippen LogP contribution in [0.1, 0.15) is 48.9 Å². The van der Waals surface area contributed by atoms with Gasteiger partial charge in [0.05, 0.1) is 18.3 Å². The number of ether oxygens (including phenoxy) is 1. The second kappa shape index (κ2) is 11.4. The molecular formula is C28H34F2N4O2. The number of alkyl halides is 2. The Morgan fingerprint density at radius 3 is 2.44 bits per heavy atom. The van der Waals surface area contributed by atoms with Gasteiger partial charge in [-0.1, -0.05) is 6.92 Å². The van der Waals surface area contributed by atoms with Crippen molar-refractivity contribution in [1.82, 2.24) is 4.57 Å². The normalized spacial score (nSPS) is 12.2. The van der Waals surface area contributed by atoms with Crippen LogP contribution >= 0.6 is 0 Å². The number of nitrogens with two attached hydrogens (primary N) is 1. The Morgan fingerprint density at radius 1 is 1.14 bits per heavy atom. The van der Waals surface area contributed by atoms with Crippen LogP contribution in [0.25, 0.3) is 16.5 Å². The van der Waals surface area contributed by atoms with E-state index in [0.29, 0.717) is 46.7 Å². The van der Waals surface area contributed by atoms with Gasteiger partial charge in [-0.15, -0.1) is 0 Å². The molecule has 192 valence electrons. The predicted molar refractivity (Wildman–Crippen MR) is 145 cm³/mol. The number of allylic oxidation sites excluding steroid dienone is 1. The van der Waals surface area contributed by atoms with Crippen LogP contribution in [-0.4, -0.2) is 31.0 Å². The number of hydrogen-bond acceptors (Lipinski definition) is 5. The molecule has 0 saturated heterocycles. The van der Waals surface area contributed by atoms with E-state index in [9.17, 15) is 13.6 Å². The van der Waals surface area contributed by atoms with E-state index in [2.05, 4.69) is 4.99 Å². The lowest BCUT2D eigenvalue weighted by Gasteiger charge is -2.29. The average molecular weight is 497 g/mol. The lowest BCUT2D eigenvalue weighted by atomic mass is 9.96. The summed E-state index contributed by atoms with van der Waals surface area (Å²) in [6.45, 7) is 8.66. The third-order valence-electron chi connectivity index (χ3n) is 6.25. The SMILES string of the molecule is CCCN(c1cc(C(F)F)c(/C(C=NCC)=C/N)cc1C)c1cc(OC)cc2c1cc(C)c(=O)n2C. The largest absolute Gasteiger partial charge is 0.497 e. The predicted octanol–water partition coefficient (Wildman–Crippen LogP) is 6.04. The van der Waals surface area contributed by atoms with E-state index in [4.69, 9.17) is 10.5 Å². The number of benzene rings is 2. The van der Waals surface area contributed by atoms with Crippen molar-refractivity contribution in [3.8, 4) is 5.75 Å². The molecule has 3 aromatic rings. The number of fused-ring (bicyclic) bond motifs is 1. The minimum atomic E-state index is -2.71. The molecule has 6 nitrogen and oxygen atoms in total. The van der Waals surface area contributed by atoms with Crippen LogP contribution in [-0.2, 0) is 7.05 Å². The van der Waals surface area contributed by atoms with Crippen LogP contribution in [0.5, 0.6) is 5.75 Å². The quantitative estimate of drug-likeness (QED) is 0.367. The van der Waals surface area contributed by atoms with Crippen molar-refractivity contribution in [2.75, 3.05) is 25.1 Å². The second-order valence-electron chi connectivity index (χ2n) is 8.70. The summed E-state index contributed by atoms with van der Waals surface area (Å²) in [7, 11) is 3.29. The van der Waals surface area contributed by atoms with Gasteiger partial charge in [0.1, 0.15) is 5.75 Å². The van der Waals surface area contributed by atoms with Gasteiger partial charge in [-0.25, -0.2) is 8.78 Å². The molecule has 0 fully saturated rings. The van der Waals surface area contributed by atoms with Gasteiger partial charge in [-0.2, -0.15) is 0 Å². The highest BCUT2D eigenvalue weighted by Crippen LogP contribution is 2.40. The Balaban J connectivity index is 2.35. The summed E-state index contributed by atoms with van der Waals surface area (Å²) in [5.41, 5.74) is 9.92. The number of halogens is 2. The minimum absolute atomic E-state index is 0.0980. The van der Waals surface area contributed by atoms with E-state index >= 15 is 0 Å². The molecule has 0 aliphatic heterocycles. The van der Waals surface area contributed by atoms with Crippen LogP contribution in [0.4, 0.5) is 20.2 Å². The van der Waals surface area contributed by atoms with Crippen LogP contribution in [0.3, 0.4) is 0 Å². The lowest BCUT2D eigenvalue weighted by molar-refractivity contribution is 0.151.